The lowest BCUT2D eigenvalue weighted by molar-refractivity contribution is 0.0600. The molecule has 0 aliphatic rings. The van der Waals surface area contributed by atoms with Crippen LogP contribution in [0.5, 0.6) is 0 Å². The van der Waals surface area contributed by atoms with Crippen LogP contribution in [0.25, 0.3) is 0 Å². The zero-order chi connectivity index (χ0) is 10.7. The van der Waals surface area contributed by atoms with Crippen molar-refractivity contribution in [3.8, 4) is 0 Å². The molecule has 0 aliphatic heterocycles. The average Bonchev–Trinajstić information content (AvgIpc) is 2.18. The summed E-state index contributed by atoms with van der Waals surface area (Å²) in [5.74, 6) is -0.398. The van der Waals surface area contributed by atoms with Crippen LogP contribution in [-0.2, 0) is 4.74 Å². The first-order valence-electron chi connectivity index (χ1n) is 4.03. The lowest BCUT2D eigenvalue weighted by Gasteiger charge is -2.08. The van der Waals surface area contributed by atoms with Gasteiger partial charge in [0.05, 0.1) is 17.7 Å². The summed E-state index contributed by atoms with van der Waals surface area (Å²) in [6, 6.07) is 3.55. The lowest BCUT2D eigenvalue weighted by atomic mass is 10.1. The molecule has 0 unspecified atom stereocenters. The topological polar surface area (TPSA) is 26.3 Å². The molecule has 1 rings (SSSR count). The summed E-state index contributed by atoms with van der Waals surface area (Å²) in [4.78, 5) is 12.2. The van der Waals surface area contributed by atoms with E-state index in [-0.39, 0.29) is 0 Å². The molecule has 2 nitrogen and oxygen atoms in total. The third-order valence-electron chi connectivity index (χ3n) is 1.90. The molecule has 0 radical (unpaired) electrons. The van der Waals surface area contributed by atoms with Crippen LogP contribution in [0, 0.1) is 6.92 Å². The second-order valence-corrected chi connectivity index (χ2v) is 3.96. The first kappa shape index (κ1) is 11.4. The number of aryl methyl sites for hydroxylation is 1. The predicted molar refractivity (Wildman–Crippen MR) is 59.3 cm³/mol. The minimum Gasteiger partial charge on any atom is -0.465 e. The van der Waals surface area contributed by atoms with Crippen LogP contribution in [-0.4, -0.2) is 19.3 Å². The van der Waals surface area contributed by atoms with Gasteiger partial charge in [0.1, 0.15) is 0 Å². The van der Waals surface area contributed by atoms with E-state index in [0.29, 0.717) is 10.6 Å². The third kappa shape index (κ3) is 2.04. The number of thioether (sulfide) groups is 1. The zero-order valence-electron chi connectivity index (χ0n) is 8.26. The van der Waals surface area contributed by atoms with E-state index in [0.717, 1.165) is 10.5 Å². The van der Waals surface area contributed by atoms with E-state index in [1.54, 1.807) is 6.07 Å². The molecule has 0 atom stereocenters. The third-order valence-corrected chi connectivity index (χ3v) is 3.34. The highest BCUT2D eigenvalue weighted by atomic mass is 35.5. The monoisotopic (exact) mass is 230 g/mol. The Hall–Kier alpha value is -0.670. The molecule has 0 saturated carbocycles. The van der Waals surface area contributed by atoms with E-state index in [2.05, 4.69) is 4.74 Å². The lowest BCUT2D eigenvalue weighted by Crippen LogP contribution is -2.03. The summed E-state index contributed by atoms with van der Waals surface area (Å²) >= 11 is 7.59. The number of methoxy groups -OCH3 is 1. The predicted octanol–water partition coefficient (Wildman–Crippen LogP) is 3.16. The maximum absolute atomic E-state index is 11.3. The maximum atomic E-state index is 11.3. The molecule has 0 aliphatic carbocycles. The van der Waals surface area contributed by atoms with E-state index >= 15 is 0 Å². The summed E-state index contributed by atoms with van der Waals surface area (Å²) in [5.41, 5.74) is 1.49. The van der Waals surface area contributed by atoms with Gasteiger partial charge in [0.2, 0.25) is 0 Å². The first-order valence-corrected chi connectivity index (χ1v) is 5.63. The first-order chi connectivity index (χ1) is 6.61. The molecule has 76 valence electrons. The standard InChI is InChI=1S/C10H11ClO2S/c1-6-4-5-7(10(12)13-2)8(11)9(6)14-3/h4-5H,1-3H3. The van der Waals surface area contributed by atoms with Crippen LogP contribution in [0.4, 0.5) is 0 Å². The number of hydrogen-bond donors (Lipinski definition) is 0. The molecule has 1 aromatic rings. The van der Waals surface area contributed by atoms with Crippen molar-refractivity contribution >= 4 is 29.3 Å². The van der Waals surface area contributed by atoms with E-state index in [9.17, 15) is 4.79 Å². The Balaban J connectivity index is 3.28. The Labute approximate surface area is 92.6 Å². The molecule has 14 heavy (non-hydrogen) atoms. The van der Waals surface area contributed by atoms with E-state index in [1.165, 1.54) is 18.9 Å². The number of benzene rings is 1. The van der Waals surface area contributed by atoms with Crippen molar-refractivity contribution in [2.75, 3.05) is 13.4 Å². The second-order valence-electron chi connectivity index (χ2n) is 2.77. The number of halogens is 1. The van der Waals surface area contributed by atoms with Gasteiger partial charge in [0, 0.05) is 4.90 Å². The molecule has 0 aromatic heterocycles. The fourth-order valence-electron chi connectivity index (χ4n) is 1.17. The maximum Gasteiger partial charge on any atom is 0.339 e. The number of esters is 1. The van der Waals surface area contributed by atoms with Crippen LogP contribution < -0.4 is 0 Å². The number of rotatable bonds is 2. The Morgan fingerprint density at radius 2 is 2.14 bits per heavy atom. The fourth-order valence-corrected chi connectivity index (χ4v) is 2.37. The van der Waals surface area contributed by atoms with Crippen molar-refractivity contribution in [2.24, 2.45) is 0 Å². The van der Waals surface area contributed by atoms with Crippen LogP contribution in [0.1, 0.15) is 15.9 Å². The Morgan fingerprint density at radius 3 is 2.64 bits per heavy atom. The minimum absolute atomic E-state index is 0.398. The van der Waals surface area contributed by atoms with Crippen molar-refractivity contribution in [3.63, 3.8) is 0 Å². The van der Waals surface area contributed by atoms with E-state index < -0.39 is 5.97 Å². The van der Waals surface area contributed by atoms with Crippen LogP contribution in [0.15, 0.2) is 17.0 Å². The molecular formula is C10H11ClO2S. The largest absolute Gasteiger partial charge is 0.465 e. The summed E-state index contributed by atoms with van der Waals surface area (Å²) in [6.07, 6.45) is 1.93. The van der Waals surface area contributed by atoms with Crippen molar-refractivity contribution < 1.29 is 9.53 Å². The summed E-state index contributed by atoms with van der Waals surface area (Å²) in [5, 5.41) is 0.476. The molecule has 1 aromatic carbocycles. The second kappa shape index (κ2) is 4.71. The zero-order valence-corrected chi connectivity index (χ0v) is 9.83. The molecule has 0 amide bonds. The summed E-state index contributed by atoms with van der Waals surface area (Å²) in [6.45, 7) is 1.96. The molecular weight excluding hydrogens is 220 g/mol. The highest BCUT2D eigenvalue weighted by Gasteiger charge is 2.14. The smallest absolute Gasteiger partial charge is 0.339 e. The van der Waals surface area contributed by atoms with Crippen molar-refractivity contribution in [2.45, 2.75) is 11.8 Å². The summed E-state index contributed by atoms with van der Waals surface area (Å²) in [7, 11) is 1.34. The van der Waals surface area contributed by atoms with Gasteiger partial charge in [-0.25, -0.2) is 4.79 Å². The number of carbonyl (C=O) groups excluding carboxylic acids is 1. The molecule has 0 saturated heterocycles. The highest BCUT2D eigenvalue weighted by molar-refractivity contribution is 7.98. The number of carbonyl (C=O) groups is 1. The van der Waals surface area contributed by atoms with Gasteiger partial charge >= 0.3 is 5.97 Å². The molecule has 4 heteroatoms. The van der Waals surface area contributed by atoms with Gasteiger partial charge in [-0.3, -0.25) is 0 Å². The van der Waals surface area contributed by atoms with Crippen molar-refractivity contribution in [1.82, 2.24) is 0 Å². The fraction of sp³-hybridized carbons (Fsp3) is 0.300. The van der Waals surface area contributed by atoms with Crippen molar-refractivity contribution in [3.05, 3.63) is 28.3 Å². The van der Waals surface area contributed by atoms with Crippen molar-refractivity contribution in [1.29, 1.82) is 0 Å². The van der Waals surface area contributed by atoms with Crippen LogP contribution in [0.2, 0.25) is 5.02 Å². The van der Waals surface area contributed by atoms with Gasteiger partial charge in [-0.15, -0.1) is 11.8 Å². The SMILES string of the molecule is COC(=O)c1ccc(C)c(SC)c1Cl. The number of hydrogen-bond acceptors (Lipinski definition) is 3. The van der Waals surface area contributed by atoms with Gasteiger partial charge in [-0.05, 0) is 24.8 Å². The van der Waals surface area contributed by atoms with Crippen LogP contribution >= 0.6 is 23.4 Å². The normalized spacial score (nSPS) is 10.0. The van der Waals surface area contributed by atoms with Gasteiger partial charge in [0.25, 0.3) is 0 Å². The summed E-state index contributed by atoms with van der Waals surface area (Å²) < 4.78 is 4.62. The van der Waals surface area contributed by atoms with E-state index in [1.807, 2.05) is 19.2 Å². The van der Waals surface area contributed by atoms with Crippen LogP contribution in [0.3, 0.4) is 0 Å². The van der Waals surface area contributed by atoms with Gasteiger partial charge in [0.15, 0.2) is 0 Å². The van der Waals surface area contributed by atoms with Gasteiger partial charge in [-0.1, -0.05) is 17.7 Å². The van der Waals surface area contributed by atoms with E-state index in [4.69, 9.17) is 11.6 Å². The molecule has 0 N–H and O–H groups in total. The molecule has 0 bridgehead atoms. The quantitative estimate of drug-likeness (QED) is 0.577. The van der Waals surface area contributed by atoms with Gasteiger partial charge < -0.3 is 4.74 Å². The van der Waals surface area contributed by atoms with Gasteiger partial charge in [-0.2, -0.15) is 0 Å². The highest BCUT2D eigenvalue weighted by Crippen LogP contribution is 2.31. The minimum atomic E-state index is -0.398. The average molecular weight is 231 g/mol. The Kier molecular flexibility index (Phi) is 3.84. The molecule has 0 heterocycles. The number of ether oxygens (including phenoxy) is 1. The molecule has 0 spiro atoms. The Bertz CT molecular complexity index is 363. The molecule has 0 fully saturated rings. The Morgan fingerprint density at radius 1 is 1.50 bits per heavy atom.